The van der Waals surface area contributed by atoms with Gasteiger partial charge in [0.25, 0.3) is 0 Å². The number of hydrogen-bond acceptors (Lipinski definition) is 5. The SMILES string of the molecule is CCCCNC(=O)[C@H](CC)N(Cc1ccc(C)cc1)C(=O)CN(c1ccc(OC)cc1)S(C)(=O)=O. The smallest absolute Gasteiger partial charge is 0.244 e. The van der Waals surface area contributed by atoms with E-state index in [0.717, 1.165) is 34.5 Å². The molecule has 2 aromatic rings. The number of aryl methyl sites for hydroxylation is 1. The number of nitrogens with one attached hydrogen (secondary N) is 1. The van der Waals surface area contributed by atoms with Crippen molar-refractivity contribution in [2.75, 3.05) is 30.8 Å². The molecule has 35 heavy (non-hydrogen) atoms. The molecule has 0 aromatic heterocycles. The van der Waals surface area contributed by atoms with E-state index >= 15 is 0 Å². The number of rotatable bonds is 13. The minimum absolute atomic E-state index is 0.193. The van der Waals surface area contributed by atoms with E-state index in [1.54, 1.807) is 24.3 Å². The molecule has 2 amide bonds. The molecule has 0 aliphatic heterocycles. The molecule has 0 fully saturated rings. The first-order valence-corrected chi connectivity index (χ1v) is 13.7. The Bertz CT molecular complexity index is 1070. The molecule has 1 atom stereocenters. The molecule has 9 heteroatoms. The Morgan fingerprint density at radius 1 is 1.03 bits per heavy atom. The molecule has 0 saturated carbocycles. The Morgan fingerprint density at radius 2 is 1.66 bits per heavy atom. The van der Waals surface area contributed by atoms with Crippen LogP contribution in [0.2, 0.25) is 0 Å². The molecule has 192 valence electrons. The van der Waals surface area contributed by atoms with E-state index in [9.17, 15) is 18.0 Å². The minimum Gasteiger partial charge on any atom is -0.497 e. The van der Waals surface area contributed by atoms with Crippen molar-refractivity contribution in [3.63, 3.8) is 0 Å². The van der Waals surface area contributed by atoms with E-state index in [2.05, 4.69) is 5.32 Å². The first-order chi connectivity index (χ1) is 16.6. The normalized spacial score (nSPS) is 12.0. The fourth-order valence-electron chi connectivity index (χ4n) is 3.68. The number of carbonyl (C=O) groups is 2. The number of benzene rings is 2. The fourth-order valence-corrected chi connectivity index (χ4v) is 4.53. The summed E-state index contributed by atoms with van der Waals surface area (Å²) in [5, 5.41) is 2.91. The topological polar surface area (TPSA) is 96.0 Å². The summed E-state index contributed by atoms with van der Waals surface area (Å²) in [7, 11) is -2.25. The van der Waals surface area contributed by atoms with E-state index < -0.39 is 28.5 Å². The van der Waals surface area contributed by atoms with Gasteiger partial charge in [0.1, 0.15) is 18.3 Å². The van der Waals surface area contributed by atoms with Gasteiger partial charge in [-0.3, -0.25) is 13.9 Å². The van der Waals surface area contributed by atoms with Crippen molar-refractivity contribution in [2.24, 2.45) is 0 Å². The second-order valence-corrected chi connectivity index (χ2v) is 10.5. The van der Waals surface area contributed by atoms with Gasteiger partial charge in [0.05, 0.1) is 19.1 Å². The van der Waals surface area contributed by atoms with Gasteiger partial charge in [-0.25, -0.2) is 8.42 Å². The number of nitrogens with zero attached hydrogens (tertiary/aromatic N) is 2. The lowest BCUT2D eigenvalue weighted by atomic mass is 10.1. The minimum atomic E-state index is -3.77. The van der Waals surface area contributed by atoms with Crippen LogP contribution in [0.4, 0.5) is 5.69 Å². The Kier molecular flexibility index (Phi) is 10.6. The molecule has 1 N–H and O–H groups in total. The molecule has 0 aliphatic rings. The summed E-state index contributed by atoms with van der Waals surface area (Å²) >= 11 is 0. The number of sulfonamides is 1. The molecule has 0 aliphatic carbocycles. The number of unbranched alkanes of at least 4 members (excludes halogenated alkanes) is 1. The van der Waals surface area contributed by atoms with Crippen LogP contribution in [0.25, 0.3) is 0 Å². The molecule has 0 saturated heterocycles. The second kappa shape index (κ2) is 13.1. The predicted molar refractivity (Wildman–Crippen MR) is 139 cm³/mol. The van der Waals surface area contributed by atoms with E-state index in [1.165, 1.54) is 12.0 Å². The average molecular weight is 504 g/mol. The van der Waals surface area contributed by atoms with Crippen LogP contribution in [0.1, 0.15) is 44.2 Å². The molecule has 0 radical (unpaired) electrons. The fraction of sp³-hybridized carbons (Fsp3) is 0.462. The van der Waals surface area contributed by atoms with E-state index in [4.69, 9.17) is 4.74 Å². The highest BCUT2D eigenvalue weighted by Gasteiger charge is 2.31. The predicted octanol–water partition coefficient (Wildman–Crippen LogP) is 3.49. The summed E-state index contributed by atoms with van der Waals surface area (Å²) in [6, 6.07) is 13.4. The second-order valence-electron chi connectivity index (χ2n) is 8.54. The molecule has 0 heterocycles. The lowest BCUT2D eigenvalue weighted by molar-refractivity contribution is -0.140. The van der Waals surface area contributed by atoms with Gasteiger partial charge in [0.15, 0.2) is 0 Å². The van der Waals surface area contributed by atoms with Crippen molar-refractivity contribution < 1.29 is 22.7 Å². The van der Waals surface area contributed by atoms with Crippen LogP contribution >= 0.6 is 0 Å². The highest BCUT2D eigenvalue weighted by Crippen LogP contribution is 2.22. The Labute approximate surface area is 209 Å². The quantitative estimate of drug-likeness (QED) is 0.422. The summed E-state index contributed by atoms with van der Waals surface area (Å²) in [6.45, 7) is 6.16. The van der Waals surface area contributed by atoms with Gasteiger partial charge in [-0.2, -0.15) is 0 Å². The third kappa shape index (κ3) is 8.28. The zero-order valence-electron chi connectivity index (χ0n) is 21.3. The molecular formula is C26H37N3O5S. The van der Waals surface area contributed by atoms with Gasteiger partial charge in [-0.15, -0.1) is 0 Å². The Hall–Kier alpha value is -3.07. The Balaban J connectivity index is 2.38. The van der Waals surface area contributed by atoms with Crippen LogP contribution in [0.15, 0.2) is 48.5 Å². The third-order valence-corrected chi connectivity index (χ3v) is 6.87. The van der Waals surface area contributed by atoms with Crippen LogP contribution < -0.4 is 14.4 Å². The number of amides is 2. The van der Waals surface area contributed by atoms with Crippen LogP contribution in [-0.2, 0) is 26.2 Å². The lowest BCUT2D eigenvalue weighted by Crippen LogP contribution is -2.52. The van der Waals surface area contributed by atoms with Crippen molar-refractivity contribution >= 4 is 27.5 Å². The van der Waals surface area contributed by atoms with Crippen LogP contribution in [0, 0.1) is 6.92 Å². The van der Waals surface area contributed by atoms with Gasteiger partial charge in [-0.05, 0) is 49.6 Å². The van der Waals surface area contributed by atoms with Crippen molar-refractivity contribution in [3.8, 4) is 5.75 Å². The van der Waals surface area contributed by atoms with E-state index in [0.29, 0.717) is 24.4 Å². The van der Waals surface area contributed by atoms with Crippen LogP contribution in [-0.4, -0.2) is 57.6 Å². The Morgan fingerprint density at radius 3 is 2.17 bits per heavy atom. The van der Waals surface area contributed by atoms with Gasteiger partial charge in [0.2, 0.25) is 21.8 Å². The maximum atomic E-state index is 13.6. The van der Waals surface area contributed by atoms with E-state index in [-0.39, 0.29) is 12.5 Å². The average Bonchev–Trinajstić information content (AvgIpc) is 2.83. The van der Waals surface area contributed by atoms with Gasteiger partial charge in [-0.1, -0.05) is 50.1 Å². The van der Waals surface area contributed by atoms with Crippen LogP contribution in [0.5, 0.6) is 5.75 Å². The first kappa shape index (κ1) is 28.2. The zero-order chi connectivity index (χ0) is 26.0. The summed E-state index contributed by atoms with van der Waals surface area (Å²) in [4.78, 5) is 28.1. The molecule has 0 bridgehead atoms. The molecular weight excluding hydrogens is 466 g/mol. The maximum absolute atomic E-state index is 13.6. The third-order valence-electron chi connectivity index (χ3n) is 5.73. The van der Waals surface area contributed by atoms with Crippen molar-refractivity contribution in [2.45, 2.75) is 52.6 Å². The number of hydrogen-bond donors (Lipinski definition) is 1. The highest BCUT2D eigenvalue weighted by atomic mass is 32.2. The summed E-state index contributed by atoms with van der Waals surface area (Å²) < 4.78 is 31.5. The number of anilines is 1. The van der Waals surface area contributed by atoms with Crippen molar-refractivity contribution in [3.05, 3.63) is 59.7 Å². The number of carbonyl (C=O) groups excluding carboxylic acids is 2. The van der Waals surface area contributed by atoms with Crippen molar-refractivity contribution in [1.82, 2.24) is 10.2 Å². The molecule has 0 spiro atoms. The van der Waals surface area contributed by atoms with E-state index in [1.807, 2.05) is 45.0 Å². The van der Waals surface area contributed by atoms with Gasteiger partial charge in [0, 0.05) is 13.1 Å². The highest BCUT2D eigenvalue weighted by molar-refractivity contribution is 7.92. The number of methoxy groups -OCH3 is 1. The standard InChI is InChI=1S/C26H37N3O5S/c1-6-8-17-27-26(31)24(7-2)28(18-21-11-9-20(3)10-12-21)25(30)19-29(35(5,32)33)22-13-15-23(34-4)16-14-22/h9-16,24H,6-8,17-19H2,1-5H3,(H,27,31)/t24-/m0/s1. The summed E-state index contributed by atoms with van der Waals surface area (Å²) in [5.41, 5.74) is 2.29. The zero-order valence-corrected chi connectivity index (χ0v) is 22.1. The largest absolute Gasteiger partial charge is 0.497 e. The lowest BCUT2D eigenvalue weighted by Gasteiger charge is -2.33. The summed E-state index contributed by atoms with van der Waals surface area (Å²) in [6.07, 6.45) is 3.24. The molecule has 8 nitrogen and oxygen atoms in total. The van der Waals surface area contributed by atoms with Gasteiger partial charge >= 0.3 is 0 Å². The first-order valence-electron chi connectivity index (χ1n) is 11.8. The monoisotopic (exact) mass is 503 g/mol. The molecule has 2 rings (SSSR count). The maximum Gasteiger partial charge on any atom is 0.244 e. The number of ether oxygens (including phenoxy) is 1. The molecule has 0 unspecified atom stereocenters. The molecule has 2 aromatic carbocycles. The van der Waals surface area contributed by atoms with Gasteiger partial charge < -0.3 is 15.0 Å². The van der Waals surface area contributed by atoms with Crippen LogP contribution in [0.3, 0.4) is 0 Å². The summed E-state index contributed by atoms with van der Waals surface area (Å²) in [5.74, 6) is -0.120. The van der Waals surface area contributed by atoms with Crippen molar-refractivity contribution in [1.29, 1.82) is 0 Å².